The molecular weight excluding hydrogens is 216 g/mol. The van der Waals surface area contributed by atoms with Gasteiger partial charge in [-0.1, -0.05) is 30.4 Å². The van der Waals surface area contributed by atoms with Gasteiger partial charge < -0.3 is 14.9 Å². The molecule has 88 valence electrons. The molecule has 3 rings (SSSR count). The number of benzene rings is 1. The van der Waals surface area contributed by atoms with Crippen LogP contribution >= 0.6 is 0 Å². The normalized spacial score (nSPS) is 33.5. The molecule has 1 aliphatic carbocycles. The topological polar surface area (TPSA) is 53.0 Å². The molecule has 2 N–H and O–H groups in total. The van der Waals surface area contributed by atoms with Crippen molar-refractivity contribution in [2.75, 3.05) is 0 Å². The van der Waals surface area contributed by atoms with Crippen LogP contribution in [-0.4, -0.2) is 21.6 Å². The number of ether oxygens (including phenoxy) is 1. The second-order valence-corrected chi connectivity index (χ2v) is 4.53. The highest BCUT2D eigenvalue weighted by molar-refractivity contribution is 5.37. The van der Waals surface area contributed by atoms with Gasteiger partial charge in [-0.2, -0.15) is 0 Å². The summed E-state index contributed by atoms with van der Waals surface area (Å²) in [6.45, 7) is 0. The van der Waals surface area contributed by atoms with Crippen molar-refractivity contribution in [1.29, 1.82) is 0 Å². The Kier molecular flexibility index (Phi) is 2.15. The van der Waals surface area contributed by atoms with Crippen LogP contribution < -0.4 is 0 Å². The second kappa shape index (κ2) is 3.45. The van der Waals surface area contributed by atoms with Crippen molar-refractivity contribution in [2.24, 2.45) is 0 Å². The summed E-state index contributed by atoms with van der Waals surface area (Å²) in [6, 6.07) is 7.24. The van der Waals surface area contributed by atoms with E-state index in [1.807, 2.05) is 24.3 Å². The zero-order valence-corrected chi connectivity index (χ0v) is 9.34. The van der Waals surface area contributed by atoms with Crippen molar-refractivity contribution in [3.8, 4) is 5.75 Å². The summed E-state index contributed by atoms with van der Waals surface area (Å²) in [6.07, 6.45) is 8.54. The first-order chi connectivity index (χ1) is 8.15. The van der Waals surface area contributed by atoms with Gasteiger partial charge >= 0.3 is 0 Å². The summed E-state index contributed by atoms with van der Waals surface area (Å²) in [7, 11) is 0. The molecule has 3 heteroatoms. The molecule has 0 amide bonds. The SMILES string of the molecule is Oc1ccccc1CCC12C=CC=CC1(O)O2. The largest absolute Gasteiger partial charge is 0.508 e. The quantitative estimate of drug-likeness (QED) is 0.780. The first-order valence-electron chi connectivity index (χ1n) is 5.72. The van der Waals surface area contributed by atoms with Crippen molar-refractivity contribution in [3.63, 3.8) is 0 Å². The van der Waals surface area contributed by atoms with Crippen LogP contribution in [0.25, 0.3) is 0 Å². The van der Waals surface area contributed by atoms with E-state index < -0.39 is 11.4 Å². The third kappa shape index (κ3) is 1.59. The number of aliphatic hydroxyl groups is 1. The molecule has 0 spiro atoms. The van der Waals surface area contributed by atoms with Crippen LogP contribution in [0.2, 0.25) is 0 Å². The molecule has 1 fully saturated rings. The van der Waals surface area contributed by atoms with E-state index in [9.17, 15) is 10.2 Å². The number of fused-ring (bicyclic) bond motifs is 1. The number of para-hydroxylation sites is 1. The Labute approximate surface area is 99.7 Å². The lowest BCUT2D eigenvalue weighted by Gasteiger charge is -2.12. The maximum Gasteiger partial charge on any atom is 0.220 e. The van der Waals surface area contributed by atoms with E-state index in [1.54, 1.807) is 24.3 Å². The number of epoxide rings is 1. The van der Waals surface area contributed by atoms with Gasteiger partial charge in [0.2, 0.25) is 5.79 Å². The smallest absolute Gasteiger partial charge is 0.220 e. The third-order valence-electron chi connectivity index (χ3n) is 3.46. The molecule has 2 aliphatic rings. The number of allylic oxidation sites excluding steroid dienone is 2. The minimum absolute atomic E-state index is 0.295. The Balaban J connectivity index is 1.73. The lowest BCUT2D eigenvalue weighted by Crippen LogP contribution is -2.24. The molecule has 1 heterocycles. The van der Waals surface area contributed by atoms with E-state index in [1.165, 1.54) is 0 Å². The fourth-order valence-electron chi connectivity index (χ4n) is 2.33. The molecule has 0 radical (unpaired) electrons. The number of hydrogen-bond acceptors (Lipinski definition) is 3. The molecule has 2 unspecified atom stereocenters. The minimum atomic E-state index is -1.13. The number of phenols is 1. The Bertz CT molecular complexity index is 506. The van der Waals surface area contributed by atoms with E-state index in [0.717, 1.165) is 5.56 Å². The predicted octanol–water partition coefficient (Wildman–Crippen LogP) is 1.91. The van der Waals surface area contributed by atoms with Crippen molar-refractivity contribution >= 4 is 0 Å². The molecule has 1 aromatic rings. The van der Waals surface area contributed by atoms with Crippen molar-refractivity contribution in [1.82, 2.24) is 0 Å². The summed E-state index contributed by atoms with van der Waals surface area (Å²) in [5, 5.41) is 19.7. The van der Waals surface area contributed by atoms with Gasteiger partial charge in [0.25, 0.3) is 0 Å². The predicted molar refractivity (Wildman–Crippen MR) is 63.5 cm³/mol. The van der Waals surface area contributed by atoms with Gasteiger partial charge in [0.1, 0.15) is 11.4 Å². The maximum atomic E-state index is 10.0. The molecule has 0 aromatic heterocycles. The monoisotopic (exact) mass is 230 g/mol. The Morgan fingerprint density at radius 3 is 2.65 bits per heavy atom. The fraction of sp³-hybridized carbons (Fsp3) is 0.286. The summed E-state index contributed by atoms with van der Waals surface area (Å²) in [4.78, 5) is 0. The van der Waals surface area contributed by atoms with E-state index in [2.05, 4.69) is 0 Å². The standard InChI is InChI=1S/C14H14O3/c15-12-6-2-1-5-11(12)7-10-13-8-3-4-9-14(13,16)17-13/h1-6,8-9,15-16H,7,10H2. The number of hydrogen-bond donors (Lipinski definition) is 2. The summed E-state index contributed by atoms with van der Waals surface area (Å²) in [5.74, 6) is -0.838. The molecule has 1 aliphatic heterocycles. The van der Waals surface area contributed by atoms with Gasteiger partial charge in [-0.25, -0.2) is 0 Å². The molecule has 1 aromatic carbocycles. The molecule has 0 bridgehead atoms. The minimum Gasteiger partial charge on any atom is -0.508 e. The van der Waals surface area contributed by atoms with E-state index in [4.69, 9.17) is 4.74 Å². The third-order valence-corrected chi connectivity index (χ3v) is 3.46. The summed E-state index contributed by atoms with van der Waals surface area (Å²) in [5.41, 5.74) is 0.284. The number of phenolic OH excluding ortho intramolecular Hbond substituents is 1. The van der Waals surface area contributed by atoms with Gasteiger partial charge in [0.15, 0.2) is 0 Å². The van der Waals surface area contributed by atoms with Crippen LogP contribution in [0.4, 0.5) is 0 Å². The molecular formula is C14H14O3. The zero-order valence-electron chi connectivity index (χ0n) is 9.34. The van der Waals surface area contributed by atoms with Crippen molar-refractivity contribution < 1.29 is 14.9 Å². The molecule has 3 nitrogen and oxygen atoms in total. The second-order valence-electron chi connectivity index (χ2n) is 4.53. The van der Waals surface area contributed by atoms with Crippen molar-refractivity contribution in [3.05, 3.63) is 54.1 Å². The highest BCUT2D eigenvalue weighted by Crippen LogP contribution is 2.53. The zero-order chi connectivity index (χ0) is 11.9. The summed E-state index contributed by atoms with van der Waals surface area (Å²) < 4.78 is 5.41. The summed E-state index contributed by atoms with van der Waals surface area (Å²) >= 11 is 0. The van der Waals surface area contributed by atoms with Crippen molar-refractivity contribution in [2.45, 2.75) is 24.2 Å². The van der Waals surface area contributed by atoms with Crippen LogP contribution in [0.15, 0.2) is 48.6 Å². The maximum absolute atomic E-state index is 10.0. The van der Waals surface area contributed by atoms with Crippen LogP contribution in [-0.2, 0) is 11.2 Å². The van der Waals surface area contributed by atoms with Gasteiger partial charge in [-0.3, -0.25) is 0 Å². The van der Waals surface area contributed by atoms with E-state index >= 15 is 0 Å². The van der Waals surface area contributed by atoms with E-state index in [0.29, 0.717) is 18.6 Å². The lowest BCUT2D eigenvalue weighted by atomic mass is 9.91. The Hall–Kier alpha value is -1.58. The fourth-order valence-corrected chi connectivity index (χ4v) is 2.33. The van der Waals surface area contributed by atoms with Gasteiger partial charge in [-0.05, 0) is 36.6 Å². The first-order valence-corrected chi connectivity index (χ1v) is 5.72. The molecule has 0 saturated carbocycles. The van der Waals surface area contributed by atoms with E-state index in [-0.39, 0.29) is 0 Å². The van der Waals surface area contributed by atoms with Crippen LogP contribution in [0, 0.1) is 0 Å². The molecule has 2 atom stereocenters. The van der Waals surface area contributed by atoms with Crippen LogP contribution in [0.3, 0.4) is 0 Å². The average Bonchev–Trinajstić information content (AvgIpc) is 2.95. The number of aromatic hydroxyl groups is 1. The lowest BCUT2D eigenvalue weighted by molar-refractivity contribution is 0.0825. The number of rotatable bonds is 3. The Morgan fingerprint density at radius 1 is 1.12 bits per heavy atom. The average molecular weight is 230 g/mol. The first kappa shape index (κ1) is 10.6. The van der Waals surface area contributed by atoms with Gasteiger partial charge in [0, 0.05) is 0 Å². The van der Waals surface area contributed by atoms with Crippen LogP contribution in [0.1, 0.15) is 12.0 Å². The Morgan fingerprint density at radius 2 is 1.88 bits per heavy atom. The highest BCUT2D eigenvalue weighted by Gasteiger charge is 2.67. The molecule has 17 heavy (non-hydrogen) atoms. The van der Waals surface area contributed by atoms with Gasteiger partial charge in [-0.15, -0.1) is 0 Å². The van der Waals surface area contributed by atoms with Crippen LogP contribution in [0.5, 0.6) is 5.75 Å². The molecule has 1 saturated heterocycles. The number of aryl methyl sites for hydroxylation is 1. The van der Waals surface area contributed by atoms with Gasteiger partial charge in [0.05, 0.1) is 0 Å². The highest BCUT2D eigenvalue weighted by atomic mass is 16.7.